The van der Waals surface area contributed by atoms with E-state index in [-0.39, 0.29) is 11.7 Å². The molecule has 0 aromatic heterocycles. The first-order valence-corrected chi connectivity index (χ1v) is 6.88. The largest absolute Gasteiger partial charge is 0.376 e. The van der Waals surface area contributed by atoms with Crippen molar-refractivity contribution in [2.24, 2.45) is 0 Å². The van der Waals surface area contributed by atoms with E-state index in [0.29, 0.717) is 10.7 Å². The Hall–Kier alpha value is -2.14. The van der Waals surface area contributed by atoms with Gasteiger partial charge in [-0.1, -0.05) is 17.7 Å². The van der Waals surface area contributed by atoms with Gasteiger partial charge < -0.3 is 5.32 Å². The first-order valence-electron chi connectivity index (χ1n) is 6.51. The van der Waals surface area contributed by atoms with Gasteiger partial charge in [0.1, 0.15) is 11.5 Å². The summed E-state index contributed by atoms with van der Waals surface area (Å²) in [6, 6.07) is 9.32. The molecule has 0 bridgehead atoms. The molecule has 0 amide bonds. The van der Waals surface area contributed by atoms with Crippen LogP contribution in [0.3, 0.4) is 0 Å². The average Bonchev–Trinajstić information content (AvgIpc) is 2.82. The molecule has 0 heterocycles. The van der Waals surface area contributed by atoms with Gasteiger partial charge in [0, 0.05) is 11.1 Å². The Morgan fingerprint density at radius 3 is 2.71 bits per heavy atom. The van der Waals surface area contributed by atoms with Gasteiger partial charge in [0.05, 0.1) is 11.0 Å². The Morgan fingerprint density at radius 2 is 1.95 bits per heavy atom. The first kappa shape index (κ1) is 13.8. The molecule has 1 unspecified atom stereocenters. The molecule has 4 nitrogen and oxygen atoms in total. The molecule has 1 N–H and O–H groups in total. The van der Waals surface area contributed by atoms with E-state index in [1.807, 2.05) is 18.2 Å². The molecule has 0 spiro atoms. The Bertz CT molecular complexity index is 721. The maximum Gasteiger partial charge on any atom is 0.295 e. The molecule has 0 saturated heterocycles. The van der Waals surface area contributed by atoms with Crippen LogP contribution in [0, 0.1) is 15.9 Å². The van der Waals surface area contributed by atoms with E-state index in [1.165, 1.54) is 17.7 Å². The van der Waals surface area contributed by atoms with Crippen LogP contribution in [0.25, 0.3) is 0 Å². The van der Waals surface area contributed by atoms with Gasteiger partial charge >= 0.3 is 0 Å². The third-order valence-corrected chi connectivity index (χ3v) is 3.85. The molecule has 3 rings (SSSR count). The van der Waals surface area contributed by atoms with E-state index >= 15 is 0 Å². The van der Waals surface area contributed by atoms with E-state index in [1.54, 1.807) is 0 Å². The summed E-state index contributed by atoms with van der Waals surface area (Å²) in [6.07, 6.45) is 1.51. The highest BCUT2D eigenvalue weighted by molar-refractivity contribution is 6.30. The van der Waals surface area contributed by atoms with Gasteiger partial charge in [-0.2, -0.15) is 0 Å². The number of hydrogen-bond donors (Lipinski definition) is 1. The summed E-state index contributed by atoms with van der Waals surface area (Å²) in [6.45, 7) is 0. The van der Waals surface area contributed by atoms with Crippen molar-refractivity contribution in [2.75, 3.05) is 5.32 Å². The molecule has 0 saturated carbocycles. The molecular weight excluding hydrogens is 295 g/mol. The lowest BCUT2D eigenvalue weighted by molar-refractivity contribution is -0.384. The van der Waals surface area contributed by atoms with Crippen LogP contribution < -0.4 is 5.32 Å². The highest BCUT2D eigenvalue weighted by atomic mass is 35.5. The van der Waals surface area contributed by atoms with Crippen LogP contribution in [-0.2, 0) is 12.8 Å². The maximum absolute atomic E-state index is 13.1. The van der Waals surface area contributed by atoms with Crippen LogP contribution in [0.4, 0.5) is 15.8 Å². The lowest BCUT2D eigenvalue weighted by Crippen LogP contribution is -2.20. The van der Waals surface area contributed by atoms with Crippen molar-refractivity contribution in [3.8, 4) is 0 Å². The lowest BCUT2D eigenvalue weighted by Gasteiger charge is -2.13. The number of nitro groups is 1. The quantitative estimate of drug-likeness (QED) is 0.689. The lowest BCUT2D eigenvalue weighted by atomic mass is 10.1. The number of rotatable bonds is 3. The molecule has 0 radical (unpaired) electrons. The second kappa shape index (κ2) is 5.33. The highest BCUT2D eigenvalue weighted by Crippen LogP contribution is 2.30. The number of hydrogen-bond acceptors (Lipinski definition) is 3. The van der Waals surface area contributed by atoms with Gasteiger partial charge in [-0.15, -0.1) is 0 Å². The normalized spacial score (nSPS) is 16.6. The number of nitrogens with one attached hydrogen (secondary N) is 1. The third-order valence-electron chi connectivity index (χ3n) is 3.62. The van der Waals surface area contributed by atoms with E-state index < -0.39 is 10.7 Å². The maximum atomic E-state index is 13.1. The van der Waals surface area contributed by atoms with Crippen molar-refractivity contribution in [3.05, 3.63) is 68.5 Å². The molecule has 0 aliphatic heterocycles. The molecular formula is C15H12ClFN2O2. The zero-order chi connectivity index (χ0) is 15.0. The summed E-state index contributed by atoms with van der Waals surface area (Å²) >= 11 is 5.96. The smallest absolute Gasteiger partial charge is 0.295 e. The molecule has 21 heavy (non-hydrogen) atoms. The fourth-order valence-corrected chi connectivity index (χ4v) is 2.88. The van der Waals surface area contributed by atoms with Gasteiger partial charge in [0.15, 0.2) is 0 Å². The summed E-state index contributed by atoms with van der Waals surface area (Å²) in [5, 5.41) is 14.8. The minimum atomic E-state index is -0.617. The van der Waals surface area contributed by atoms with Crippen molar-refractivity contribution in [3.63, 3.8) is 0 Å². The predicted molar refractivity (Wildman–Crippen MR) is 79.3 cm³/mol. The fourth-order valence-electron chi connectivity index (χ4n) is 2.69. The fraction of sp³-hybridized carbons (Fsp3) is 0.200. The average molecular weight is 307 g/mol. The van der Waals surface area contributed by atoms with Crippen LogP contribution in [0.2, 0.25) is 5.02 Å². The molecule has 0 fully saturated rings. The zero-order valence-corrected chi connectivity index (χ0v) is 11.7. The Morgan fingerprint density at radius 1 is 1.19 bits per heavy atom. The second-order valence-electron chi connectivity index (χ2n) is 5.08. The zero-order valence-electron chi connectivity index (χ0n) is 11.0. The summed E-state index contributed by atoms with van der Waals surface area (Å²) < 4.78 is 13.1. The van der Waals surface area contributed by atoms with Crippen LogP contribution in [0.15, 0.2) is 36.4 Å². The topological polar surface area (TPSA) is 55.2 Å². The van der Waals surface area contributed by atoms with Crippen molar-refractivity contribution >= 4 is 23.0 Å². The Balaban J connectivity index is 1.82. The third kappa shape index (κ3) is 2.83. The Labute approximate surface area is 125 Å². The van der Waals surface area contributed by atoms with Gasteiger partial charge in [0.25, 0.3) is 5.69 Å². The second-order valence-corrected chi connectivity index (χ2v) is 5.52. The van der Waals surface area contributed by atoms with E-state index in [2.05, 4.69) is 5.32 Å². The van der Waals surface area contributed by atoms with E-state index in [0.717, 1.165) is 24.5 Å². The number of benzene rings is 2. The monoisotopic (exact) mass is 306 g/mol. The number of nitrogens with zero attached hydrogens (tertiary/aromatic N) is 1. The summed E-state index contributed by atoms with van der Waals surface area (Å²) in [5.74, 6) is -0.617. The van der Waals surface area contributed by atoms with Crippen LogP contribution in [-0.4, -0.2) is 11.0 Å². The van der Waals surface area contributed by atoms with Gasteiger partial charge in [-0.05, 0) is 48.2 Å². The van der Waals surface area contributed by atoms with Gasteiger partial charge in [-0.3, -0.25) is 10.1 Å². The molecule has 2 aromatic rings. The van der Waals surface area contributed by atoms with E-state index in [9.17, 15) is 14.5 Å². The van der Waals surface area contributed by atoms with Crippen molar-refractivity contribution in [1.29, 1.82) is 0 Å². The summed E-state index contributed by atoms with van der Waals surface area (Å²) in [4.78, 5) is 10.4. The number of fused-ring (bicyclic) bond motifs is 1. The van der Waals surface area contributed by atoms with Crippen LogP contribution >= 0.6 is 11.6 Å². The molecule has 6 heteroatoms. The van der Waals surface area contributed by atoms with Crippen LogP contribution in [0.5, 0.6) is 0 Å². The standard InChI is InChI=1S/C15H12ClFN2O2/c16-11-2-1-9-6-13(7-10(9)5-11)18-14-4-3-12(17)8-15(14)19(20)21/h1-5,8,13,18H,6-7H2. The molecule has 1 aliphatic carbocycles. The SMILES string of the molecule is O=[N+]([O-])c1cc(F)ccc1NC1Cc2ccc(Cl)cc2C1. The number of halogens is 2. The first-order chi connectivity index (χ1) is 10.0. The summed E-state index contributed by atoms with van der Waals surface area (Å²) in [7, 11) is 0. The number of anilines is 1. The Kier molecular flexibility index (Phi) is 3.51. The van der Waals surface area contributed by atoms with Crippen molar-refractivity contribution < 1.29 is 9.31 Å². The highest BCUT2D eigenvalue weighted by Gasteiger charge is 2.24. The van der Waals surface area contributed by atoms with Crippen molar-refractivity contribution in [2.45, 2.75) is 18.9 Å². The molecule has 1 atom stereocenters. The van der Waals surface area contributed by atoms with Gasteiger partial charge in [0.2, 0.25) is 0 Å². The van der Waals surface area contributed by atoms with Gasteiger partial charge in [-0.25, -0.2) is 4.39 Å². The predicted octanol–water partition coefficient (Wildman–Crippen LogP) is 3.97. The molecule has 1 aliphatic rings. The number of nitro benzene ring substituents is 1. The summed E-state index contributed by atoms with van der Waals surface area (Å²) in [5.41, 5.74) is 2.42. The molecule has 2 aromatic carbocycles. The van der Waals surface area contributed by atoms with E-state index in [4.69, 9.17) is 11.6 Å². The molecule has 108 valence electrons. The minimum Gasteiger partial charge on any atom is -0.376 e. The van der Waals surface area contributed by atoms with Crippen molar-refractivity contribution in [1.82, 2.24) is 0 Å². The van der Waals surface area contributed by atoms with Crippen LogP contribution in [0.1, 0.15) is 11.1 Å². The minimum absolute atomic E-state index is 0.0441.